The molecule has 5 nitrogen and oxygen atoms in total. The Morgan fingerprint density at radius 1 is 1.22 bits per heavy atom. The number of nitrogens with two attached hydrogens (primary N) is 2. The van der Waals surface area contributed by atoms with Gasteiger partial charge in [-0.3, -0.25) is 0 Å². The molecule has 1 fully saturated rings. The summed E-state index contributed by atoms with van der Waals surface area (Å²) in [6, 6.07) is 4.88. The molecule has 1 aromatic carbocycles. The molecule has 0 bridgehead atoms. The number of thioether (sulfide) groups is 1. The van der Waals surface area contributed by atoms with Crippen LogP contribution >= 0.6 is 11.8 Å². The quantitative estimate of drug-likeness (QED) is 0.787. The van der Waals surface area contributed by atoms with Gasteiger partial charge in [-0.1, -0.05) is 0 Å². The largest absolute Gasteiger partial charge is 0.399 e. The Hall–Kier alpha value is -0.920. The Labute approximate surface area is 112 Å². The van der Waals surface area contributed by atoms with E-state index in [4.69, 9.17) is 10.9 Å². The van der Waals surface area contributed by atoms with Crippen LogP contribution in [0.1, 0.15) is 6.42 Å². The zero-order chi connectivity index (χ0) is 13.2. The summed E-state index contributed by atoms with van der Waals surface area (Å²) >= 11 is 1.88. The summed E-state index contributed by atoms with van der Waals surface area (Å²) in [7, 11) is -3.75. The predicted molar refractivity (Wildman–Crippen MR) is 76.4 cm³/mol. The van der Waals surface area contributed by atoms with Crippen molar-refractivity contribution in [2.24, 2.45) is 5.14 Å². The van der Waals surface area contributed by atoms with E-state index in [1.807, 2.05) is 11.8 Å². The Bertz CT molecular complexity index is 523. The number of benzene rings is 1. The summed E-state index contributed by atoms with van der Waals surface area (Å²) in [6.07, 6.45) is 1.04. The van der Waals surface area contributed by atoms with Crippen LogP contribution < -0.4 is 15.8 Å². The molecule has 0 spiro atoms. The highest BCUT2D eigenvalue weighted by atomic mass is 32.2. The first-order valence-corrected chi connectivity index (χ1v) is 8.43. The molecule has 4 N–H and O–H groups in total. The van der Waals surface area contributed by atoms with Crippen molar-refractivity contribution < 1.29 is 8.42 Å². The van der Waals surface area contributed by atoms with Gasteiger partial charge in [0.05, 0.1) is 5.69 Å². The molecule has 100 valence electrons. The van der Waals surface area contributed by atoms with Gasteiger partial charge in [-0.2, -0.15) is 11.8 Å². The van der Waals surface area contributed by atoms with E-state index in [9.17, 15) is 8.42 Å². The van der Waals surface area contributed by atoms with E-state index in [1.54, 1.807) is 12.1 Å². The monoisotopic (exact) mass is 287 g/mol. The Morgan fingerprint density at radius 3 is 2.72 bits per heavy atom. The van der Waals surface area contributed by atoms with Crippen molar-refractivity contribution in [1.29, 1.82) is 0 Å². The summed E-state index contributed by atoms with van der Waals surface area (Å²) in [5, 5.41) is 5.26. The lowest BCUT2D eigenvalue weighted by molar-refractivity contribution is 0.597. The molecule has 7 heteroatoms. The molecule has 2 rings (SSSR count). The fourth-order valence-corrected chi connectivity index (χ4v) is 3.68. The van der Waals surface area contributed by atoms with Crippen LogP contribution in [-0.2, 0) is 10.0 Å². The normalized spacial score (nSPS) is 17.5. The third-order valence-electron chi connectivity index (χ3n) is 2.85. The number of hydrogen-bond acceptors (Lipinski definition) is 5. The lowest BCUT2D eigenvalue weighted by atomic mass is 10.2. The maximum Gasteiger partial charge on any atom is 0.240 e. The van der Waals surface area contributed by atoms with Gasteiger partial charge in [-0.05, 0) is 30.4 Å². The number of sulfonamides is 1. The van der Waals surface area contributed by atoms with Gasteiger partial charge in [-0.15, -0.1) is 0 Å². The van der Waals surface area contributed by atoms with Gasteiger partial charge in [0.15, 0.2) is 0 Å². The van der Waals surface area contributed by atoms with E-state index in [-0.39, 0.29) is 4.90 Å². The van der Waals surface area contributed by atoms with E-state index in [2.05, 4.69) is 4.90 Å². The Balaban J connectivity index is 2.43. The first kappa shape index (κ1) is 13.5. The van der Waals surface area contributed by atoms with Gasteiger partial charge in [0, 0.05) is 24.5 Å². The number of nitrogens with zero attached hydrogens (tertiary/aromatic N) is 1. The number of hydrogen-bond donors (Lipinski definition) is 2. The SMILES string of the molecule is Nc1ccc(N2CCCSCC2)c(S(N)(=O)=O)c1. The van der Waals surface area contributed by atoms with Gasteiger partial charge < -0.3 is 10.6 Å². The second-order valence-electron chi connectivity index (χ2n) is 4.23. The molecule has 0 aliphatic carbocycles. The van der Waals surface area contributed by atoms with Crippen LogP contribution in [0.2, 0.25) is 0 Å². The van der Waals surface area contributed by atoms with Crippen molar-refractivity contribution >= 4 is 33.2 Å². The van der Waals surface area contributed by atoms with Crippen LogP contribution in [0.5, 0.6) is 0 Å². The number of rotatable bonds is 2. The second-order valence-corrected chi connectivity index (χ2v) is 6.98. The number of anilines is 2. The van der Waals surface area contributed by atoms with Crippen LogP contribution in [0, 0.1) is 0 Å². The first-order chi connectivity index (χ1) is 8.48. The minimum atomic E-state index is -3.75. The molecule has 0 saturated carbocycles. The number of nitrogen functional groups attached to an aromatic ring is 1. The van der Waals surface area contributed by atoms with Crippen molar-refractivity contribution in [1.82, 2.24) is 0 Å². The third-order valence-corrected chi connectivity index (χ3v) is 4.84. The third kappa shape index (κ3) is 3.09. The second kappa shape index (κ2) is 5.38. The van der Waals surface area contributed by atoms with Crippen molar-refractivity contribution in [3.05, 3.63) is 18.2 Å². The standard InChI is InChI=1S/C11H17N3O2S2/c12-9-2-3-10(11(8-9)18(13,15)16)14-4-1-6-17-7-5-14/h2-3,8H,1,4-7,12H2,(H2,13,15,16). The van der Waals surface area contributed by atoms with Gasteiger partial charge in [0.25, 0.3) is 0 Å². The maximum atomic E-state index is 11.6. The van der Waals surface area contributed by atoms with E-state index in [1.165, 1.54) is 6.07 Å². The highest BCUT2D eigenvalue weighted by Crippen LogP contribution is 2.28. The van der Waals surface area contributed by atoms with E-state index >= 15 is 0 Å². The maximum absolute atomic E-state index is 11.6. The van der Waals surface area contributed by atoms with E-state index < -0.39 is 10.0 Å². The molecular weight excluding hydrogens is 270 g/mol. The molecule has 0 atom stereocenters. The average molecular weight is 287 g/mol. The molecular formula is C11H17N3O2S2. The van der Waals surface area contributed by atoms with Crippen molar-refractivity contribution in [3.63, 3.8) is 0 Å². The number of primary sulfonamides is 1. The van der Waals surface area contributed by atoms with Crippen molar-refractivity contribution in [2.45, 2.75) is 11.3 Å². The van der Waals surface area contributed by atoms with E-state index in [0.717, 1.165) is 31.0 Å². The molecule has 1 aromatic rings. The summed E-state index contributed by atoms with van der Waals surface area (Å²) < 4.78 is 23.2. The minimum Gasteiger partial charge on any atom is -0.399 e. The summed E-state index contributed by atoms with van der Waals surface area (Å²) in [5.74, 6) is 2.10. The highest BCUT2D eigenvalue weighted by Gasteiger charge is 2.20. The molecule has 1 aliphatic rings. The molecule has 1 aliphatic heterocycles. The molecule has 0 radical (unpaired) electrons. The molecule has 1 heterocycles. The zero-order valence-corrected chi connectivity index (χ0v) is 11.6. The fourth-order valence-electron chi connectivity index (χ4n) is 2.01. The lowest BCUT2D eigenvalue weighted by Crippen LogP contribution is -2.28. The van der Waals surface area contributed by atoms with Gasteiger partial charge in [-0.25, -0.2) is 13.6 Å². The lowest BCUT2D eigenvalue weighted by Gasteiger charge is -2.24. The van der Waals surface area contributed by atoms with Gasteiger partial charge in [0.1, 0.15) is 4.90 Å². The van der Waals surface area contributed by atoms with Gasteiger partial charge >= 0.3 is 0 Å². The van der Waals surface area contributed by atoms with Crippen LogP contribution in [-0.4, -0.2) is 33.0 Å². The summed E-state index contributed by atoms with van der Waals surface area (Å²) in [4.78, 5) is 2.19. The van der Waals surface area contributed by atoms with Crippen molar-refractivity contribution in [3.8, 4) is 0 Å². The molecule has 0 amide bonds. The van der Waals surface area contributed by atoms with Crippen LogP contribution in [0.25, 0.3) is 0 Å². The van der Waals surface area contributed by atoms with Crippen LogP contribution in [0.4, 0.5) is 11.4 Å². The first-order valence-electron chi connectivity index (χ1n) is 5.73. The molecule has 1 saturated heterocycles. The molecule has 0 unspecified atom stereocenters. The predicted octanol–water partition coefficient (Wildman–Crippen LogP) is 0.860. The summed E-state index contributed by atoms with van der Waals surface area (Å²) in [5.41, 5.74) is 6.71. The van der Waals surface area contributed by atoms with E-state index in [0.29, 0.717) is 11.4 Å². The zero-order valence-electron chi connectivity index (χ0n) is 10.0. The summed E-state index contributed by atoms with van der Waals surface area (Å²) in [6.45, 7) is 1.68. The van der Waals surface area contributed by atoms with Crippen molar-refractivity contribution in [2.75, 3.05) is 35.2 Å². The highest BCUT2D eigenvalue weighted by molar-refractivity contribution is 7.99. The van der Waals surface area contributed by atoms with Crippen LogP contribution in [0.3, 0.4) is 0 Å². The van der Waals surface area contributed by atoms with Crippen LogP contribution in [0.15, 0.2) is 23.1 Å². The molecule has 0 aromatic heterocycles. The smallest absolute Gasteiger partial charge is 0.240 e. The Kier molecular flexibility index (Phi) is 4.04. The average Bonchev–Trinajstić information content (AvgIpc) is 2.56. The topological polar surface area (TPSA) is 89.4 Å². The fraction of sp³-hybridized carbons (Fsp3) is 0.455. The molecule has 18 heavy (non-hydrogen) atoms. The minimum absolute atomic E-state index is 0.120. The Morgan fingerprint density at radius 2 is 2.00 bits per heavy atom. The van der Waals surface area contributed by atoms with Gasteiger partial charge in [0.2, 0.25) is 10.0 Å².